The summed E-state index contributed by atoms with van der Waals surface area (Å²) in [6.45, 7) is 1.58. The van der Waals surface area contributed by atoms with E-state index < -0.39 is 17.9 Å². The van der Waals surface area contributed by atoms with E-state index >= 15 is 0 Å². The summed E-state index contributed by atoms with van der Waals surface area (Å²) in [6, 6.07) is 5.64. The third-order valence-electron chi connectivity index (χ3n) is 4.94. The molecule has 12 heteroatoms. The van der Waals surface area contributed by atoms with Crippen molar-refractivity contribution in [2.45, 2.75) is 19.0 Å². The van der Waals surface area contributed by atoms with Crippen LogP contribution in [0.4, 0.5) is 5.69 Å². The molecule has 1 aliphatic rings. The Morgan fingerprint density at radius 1 is 1.27 bits per heavy atom. The van der Waals surface area contributed by atoms with Crippen molar-refractivity contribution in [3.63, 3.8) is 0 Å². The van der Waals surface area contributed by atoms with Crippen molar-refractivity contribution >= 4 is 63.6 Å². The second kappa shape index (κ2) is 11.0. The molecule has 0 saturated carbocycles. The van der Waals surface area contributed by atoms with Gasteiger partial charge in [0.1, 0.15) is 6.04 Å². The number of anilines is 1. The van der Waals surface area contributed by atoms with Crippen LogP contribution in [-0.4, -0.2) is 77.8 Å². The summed E-state index contributed by atoms with van der Waals surface area (Å²) >= 11 is 12.3. The van der Waals surface area contributed by atoms with Crippen LogP contribution in [0.15, 0.2) is 24.3 Å². The second-order valence-electron chi connectivity index (χ2n) is 7.81. The molecule has 9 nitrogen and oxygen atoms in total. The smallest absolute Gasteiger partial charge is 0.283 e. The Hall–Kier alpha value is -2.60. The molecule has 0 bridgehead atoms. The molecule has 33 heavy (non-hydrogen) atoms. The van der Waals surface area contributed by atoms with E-state index in [1.165, 1.54) is 16.2 Å². The van der Waals surface area contributed by atoms with E-state index in [1.807, 2.05) is 7.05 Å². The predicted octanol–water partition coefficient (Wildman–Crippen LogP) is 1.53. The third-order valence-corrected chi connectivity index (χ3v) is 6.60. The Kier molecular flexibility index (Phi) is 8.35. The van der Waals surface area contributed by atoms with Gasteiger partial charge in [-0.1, -0.05) is 23.8 Å². The molecule has 0 aliphatic carbocycles. The number of amides is 3. The average molecular weight is 509 g/mol. The van der Waals surface area contributed by atoms with Crippen LogP contribution in [-0.2, 0) is 22.6 Å². The van der Waals surface area contributed by atoms with E-state index in [-0.39, 0.29) is 17.4 Å². The summed E-state index contributed by atoms with van der Waals surface area (Å²) in [7, 11) is 5.20. The van der Waals surface area contributed by atoms with Gasteiger partial charge in [0.05, 0.1) is 5.69 Å². The molecule has 0 spiro atoms. The first-order valence-electron chi connectivity index (χ1n) is 10.2. The first-order valence-corrected chi connectivity index (χ1v) is 11.8. The van der Waals surface area contributed by atoms with E-state index in [0.717, 1.165) is 30.1 Å². The lowest BCUT2D eigenvalue weighted by atomic mass is 10.2. The van der Waals surface area contributed by atoms with E-state index in [9.17, 15) is 14.4 Å². The van der Waals surface area contributed by atoms with Gasteiger partial charge in [-0.25, -0.2) is 4.98 Å². The van der Waals surface area contributed by atoms with Crippen molar-refractivity contribution in [1.29, 1.82) is 0 Å². The molecule has 2 aromatic rings. The fourth-order valence-corrected chi connectivity index (χ4v) is 4.50. The van der Waals surface area contributed by atoms with Crippen molar-refractivity contribution in [2.75, 3.05) is 39.5 Å². The quantitative estimate of drug-likeness (QED) is 0.508. The predicted molar refractivity (Wildman–Crippen MR) is 133 cm³/mol. The minimum Gasteiger partial charge on any atom is -0.369 e. The van der Waals surface area contributed by atoms with Gasteiger partial charge in [0.2, 0.25) is 5.91 Å². The van der Waals surface area contributed by atoms with Crippen molar-refractivity contribution < 1.29 is 14.4 Å². The summed E-state index contributed by atoms with van der Waals surface area (Å²) in [5, 5.41) is 8.99. The summed E-state index contributed by atoms with van der Waals surface area (Å²) < 4.78 is 0. The van der Waals surface area contributed by atoms with Crippen LogP contribution < -0.4 is 16.0 Å². The number of nitrogens with one attached hydrogen (secondary N) is 3. The lowest BCUT2D eigenvalue weighted by Crippen LogP contribution is -2.53. The third kappa shape index (κ3) is 6.70. The van der Waals surface area contributed by atoms with Crippen LogP contribution in [0.25, 0.3) is 0 Å². The number of aromatic nitrogens is 1. The maximum absolute atomic E-state index is 12.8. The normalized spacial score (nSPS) is 14.1. The van der Waals surface area contributed by atoms with Gasteiger partial charge in [0.25, 0.3) is 11.8 Å². The van der Waals surface area contributed by atoms with E-state index in [1.54, 1.807) is 38.4 Å². The van der Waals surface area contributed by atoms with Crippen molar-refractivity contribution in [2.24, 2.45) is 0 Å². The van der Waals surface area contributed by atoms with Gasteiger partial charge in [-0.2, -0.15) is 0 Å². The molecule has 3 amide bonds. The lowest BCUT2D eigenvalue weighted by molar-refractivity contribution is -0.130. The topological polar surface area (TPSA) is 107 Å². The summed E-state index contributed by atoms with van der Waals surface area (Å²) in [4.78, 5) is 46.8. The number of hydrogen-bond donors (Lipinski definition) is 3. The molecular formula is C21H25ClN6O3S2. The number of rotatable bonds is 6. The largest absolute Gasteiger partial charge is 0.369 e. The number of carbonyl (C=O) groups is 3. The monoisotopic (exact) mass is 508 g/mol. The molecule has 0 fully saturated rings. The Balaban J connectivity index is 1.62. The van der Waals surface area contributed by atoms with Crippen molar-refractivity contribution in [3.8, 4) is 0 Å². The van der Waals surface area contributed by atoms with Crippen LogP contribution in [0.1, 0.15) is 20.4 Å². The number of likely N-dealkylation sites (N-methyl/N-ethyl adjacent to an activating group) is 2. The fourth-order valence-electron chi connectivity index (χ4n) is 3.15. The number of thiazole rings is 1. The second-order valence-corrected chi connectivity index (χ2v) is 9.73. The number of hydrogen-bond acceptors (Lipinski definition) is 7. The maximum atomic E-state index is 12.8. The van der Waals surface area contributed by atoms with Gasteiger partial charge in [0, 0.05) is 55.7 Å². The molecule has 3 rings (SSSR count). The molecule has 0 radical (unpaired) electrons. The van der Waals surface area contributed by atoms with E-state index in [4.69, 9.17) is 23.8 Å². The molecule has 1 aliphatic heterocycles. The number of halogens is 1. The highest BCUT2D eigenvalue weighted by Crippen LogP contribution is 2.24. The van der Waals surface area contributed by atoms with Crippen LogP contribution in [0.5, 0.6) is 0 Å². The number of thiocarbonyl (C=S) groups is 1. The fraction of sp³-hybridized carbons (Fsp3) is 0.381. The Morgan fingerprint density at radius 2 is 1.97 bits per heavy atom. The standard InChI is InChI=1S/C21H25ClN6O3S2/c1-27(2)21(31)15(10-23-19(32)17(29)24-13-6-4-12(22)5-7-13)25-18(30)20-26-14-8-9-28(3)11-16(14)33-20/h4-7,15H,8-11H2,1-3H3,(H,23,32)(H,24,29)(H,25,30). The highest BCUT2D eigenvalue weighted by Gasteiger charge is 2.27. The summed E-state index contributed by atoms with van der Waals surface area (Å²) in [5.74, 6) is -1.31. The van der Waals surface area contributed by atoms with Gasteiger partial charge >= 0.3 is 0 Å². The Morgan fingerprint density at radius 3 is 2.64 bits per heavy atom. The molecule has 0 saturated heterocycles. The molecule has 176 valence electrons. The van der Waals surface area contributed by atoms with Gasteiger partial charge in [-0.15, -0.1) is 11.3 Å². The minimum atomic E-state index is -0.933. The zero-order valence-corrected chi connectivity index (χ0v) is 20.9. The number of fused-ring (bicyclic) bond motifs is 1. The van der Waals surface area contributed by atoms with Gasteiger partial charge in [0.15, 0.2) is 10.00 Å². The first-order chi connectivity index (χ1) is 15.6. The van der Waals surface area contributed by atoms with E-state index in [0.29, 0.717) is 15.7 Å². The van der Waals surface area contributed by atoms with Crippen LogP contribution in [0.3, 0.4) is 0 Å². The van der Waals surface area contributed by atoms with Crippen molar-refractivity contribution in [1.82, 2.24) is 25.4 Å². The average Bonchev–Trinajstić information content (AvgIpc) is 3.20. The molecule has 1 atom stereocenters. The zero-order valence-electron chi connectivity index (χ0n) is 18.5. The Labute approximate surface area is 206 Å². The molecule has 1 unspecified atom stereocenters. The molecule has 2 heterocycles. The van der Waals surface area contributed by atoms with E-state index in [2.05, 4.69) is 25.8 Å². The number of benzene rings is 1. The zero-order chi connectivity index (χ0) is 24.1. The Bertz CT molecular complexity index is 1060. The van der Waals surface area contributed by atoms with Crippen LogP contribution in [0.2, 0.25) is 5.02 Å². The van der Waals surface area contributed by atoms with Gasteiger partial charge in [-0.3, -0.25) is 14.4 Å². The SMILES string of the molecule is CN1CCc2nc(C(=O)NC(CNC(=S)C(=O)Nc3ccc(Cl)cc3)C(=O)N(C)C)sc2C1. The molecule has 1 aromatic carbocycles. The summed E-state index contributed by atoms with van der Waals surface area (Å²) in [5.41, 5.74) is 1.46. The number of carbonyl (C=O) groups excluding carboxylic acids is 3. The van der Waals surface area contributed by atoms with Crippen LogP contribution >= 0.6 is 35.2 Å². The molecule has 1 aromatic heterocycles. The maximum Gasteiger partial charge on any atom is 0.283 e. The van der Waals surface area contributed by atoms with Crippen LogP contribution in [0, 0.1) is 0 Å². The van der Waals surface area contributed by atoms with Gasteiger partial charge < -0.3 is 25.8 Å². The minimum absolute atomic E-state index is 0.0521. The first kappa shape index (κ1) is 25.0. The van der Waals surface area contributed by atoms with Gasteiger partial charge in [-0.05, 0) is 31.3 Å². The summed E-state index contributed by atoms with van der Waals surface area (Å²) in [6.07, 6.45) is 0.786. The van der Waals surface area contributed by atoms with Crippen molar-refractivity contribution in [3.05, 3.63) is 44.9 Å². The highest BCUT2D eigenvalue weighted by molar-refractivity contribution is 7.82. The molecule has 3 N–H and O–H groups in total. The lowest BCUT2D eigenvalue weighted by Gasteiger charge is -2.22. The highest BCUT2D eigenvalue weighted by atomic mass is 35.5. The molecular weight excluding hydrogens is 484 g/mol. The number of nitrogens with zero attached hydrogens (tertiary/aromatic N) is 3.